The number of aromatic amines is 1. The molecule has 0 unspecified atom stereocenters. The van der Waals surface area contributed by atoms with Crippen molar-refractivity contribution >= 4 is 11.3 Å². The van der Waals surface area contributed by atoms with E-state index in [-0.39, 0.29) is 0 Å². The molecule has 0 fully saturated rings. The normalized spacial score (nSPS) is 13.2. The van der Waals surface area contributed by atoms with E-state index in [0.29, 0.717) is 35.9 Å². The summed E-state index contributed by atoms with van der Waals surface area (Å²) < 4.78 is 5.80. The van der Waals surface area contributed by atoms with Crippen LogP contribution < -0.4 is 0 Å². The van der Waals surface area contributed by atoms with Gasteiger partial charge in [-0.3, -0.25) is 14.7 Å². The predicted octanol–water partition coefficient (Wildman–Crippen LogP) is 19.5. The molecule has 3 aliphatic rings. The maximum Gasteiger partial charge on any atom is 0.197 e. The van der Waals surface area contributed by atoms with E-state index in [4.69, 9.17) is 9.40 Å². The molecule has 3 aliphatic heterocycles. The highest BCUT2D eigenvalue weighted by atomic mass is 32.1. The third-order valence-corrected chi connectivity index (χ3v) is 10.5. The van der Waals surface area contributed by atoms with Gasteiger partial charge in [-0.15, -0.1) is 11.3 Å². The molecular weight excluding hydrogens is 867 g/mol. The number of hydrogen-bond donors (Lipinski definition) is 1. The zero-order chi connectivity index (χ0) is 55.2. The fourth-order valence-electron chi connectivity index (χ4n) is 5.90. The molecular formula is C60H127N7OS. The van der Waals surface area contributed by atoms with E-state index in [1.165, 1.54) is 77.7 Å². The first-order valence-electron chi connectivity index (χ1n) is 29.0. The third-order valence-electron chi connectivity index (χ3n) is 9.16. The summed E-state index contributed by atoms with van der Waals surface area (Å²) in [6, 6.07) is 1.87. The molecule has 0 spiro atoms. The lowest BCUT2D eigenvalue weighted by Gasteiger charge is -2.29. The van der Waals surface area contributed by atoms with Gasteiger partial charge in [-0.1, -0.05) is 205 Å². The van der Waals surface area contributed by atoms with Crippen molar-refractivity contribution in [3.8, 4) is 0 Å². The first-order valence-corrected chi connectivity index (χ1v) is 29.8. The average Bonchev–Trinajstić information content (AvgIpc) is 4.07. The Balaban J connectivity index is -0.000000176. The molecule has 6 rings (SSSR count). The number of nitrogens with one attached hydrogen (secondary N) is 1. The molecule has 9 heteroatoms. The van der Waals surface area contributed by atoms with Gasteiger partial charge in [0.1, 0.15) is 11.6 Å². The minimum atomic E-state index is 0.392. The van der Waals surface area contributed by atoms with Crippen molar-refractivity contribution in [3.63, 3.8) is 0 Å². The summed E-state index contributed by atoms with van der Waals surface area (Å²) in [4.78, 5) is 26.4. The Labute approximate surface area is 439 Å². The first kappa shape index (κ1) is 78.4. The third kappa shape index (κ3) is 37.4. The SMILES string of the molecule is CC.CC.CC.CC(C)c1nc2c([nH]1)CN(C(C)C)CC2.CC(C)c1nc2c(o1)CN(C(C)C)CC2.CC(C)c1nc2c(s1)CN(C(C)C)CC2.CCC.CCC.CCC.CCC.CCC.CCC. The van der Waals surface area contributed by atoms with Crippen LogP contribution in [0.3, 0.4) is 0 Å². The molecule has 3 aromatic rings. The molecule has 0 aliphatic carbocycles. The fraction of sp³-hybridized carbons (Fsp3) is 0.850. The first-order chi connectivity index (χ1) is 32.7. The Morgan fingerprint density at radius 3 is 1.17 bits per heavy atom. The van der Waals surface area contributed by atoms with E-state index in [9.17, 15) is 0 Å². The van der Waals surface area contributed by atoms with Gasteiger partial charge in [0.2, 0.25) is 0 Å². The molecule has 1 N–H and O–H groups in total. The summed E-state index contributed by atoms with van der Waals surface area (Å²) >= 11 is 1.91. The second kappa shape index (κ2) is 52.3. The highest BCUT2D eigenvalue weighted by Gasteiger charge is 2.25. The Bertz CT molecular complexity index is 1280. The molecule has 8 nitrogen and oxygen atoms in total. The number of imidazole rings is 1. The van der Waals surface area contributed by atoms with Crippen molar-refractivity contribution in [2.45, 2.75) is 321 Å². The van der Waals surface area contributed by atoms with Gasteiger partial charge in [0.15, 0.2) is 5.89 Å². The summed E-state index contributed by atoms with van der Waals surface area (Å²) in [6.45, 7) is 70.6. The highest BCUT2D eigenvalue weighted by molar-refractivity contribution is 7.11. The van der Waals surface area contributed by atoms with Gasteiger partial charge in [-0.25, -0.2) is 15.0 Å². The van der Waals surface area contributed by atoms with Crippen molar-refractivity contribution < 1.29 is 4.42 Å². The van der Waals surface area contributed by atoms with Crippen LogP contribution in [0.5, 0.6) is 0 Å². The summed E-state index contributed by atoms with van der Waals surface area (Å²) in [5.41, 5.74) is 5.16. The van der Waals surface area contributed by atoms with Crippen LogP contribution in [0, 0.1) is 0 Å². The van der Waals surface area contributed by atoms with E-state index in [1.807, 2.05) is 52.9 Å². The number of nitrogens with zero attached hydrogens (tertiary/aromatic N) is 6. The number of rotatable bonds is 6. The minimum absolute atomic E-state index is 0.392. The minimum Gasteiger partial charge on any atom is -0.444 e. The largest absolute Gasteiger partial charge is 0.444 e. The molecule has 0 atom stereocenters. The topological polar surface area (TPSA) is 77.3 Å². The van der Waals surface area contributed by atoms with Crippen molar-refractivity contribution in [3.05, 3.63) is 50.1 Å². The molecule has 414 valence electrons. The van der Waals surface area contributed by atoms with E-state index in [0.717, 1.165) is 69.5 Å². The predicted molar refractivity (Wildman–Crippen MR) is 317 cm³/mol. The Morgan fingerprint density at radius 1 is 0.449 bits per heavy atom. The quantitative estimate of drug-likeness (QED) is 0.264. The lowest BCUT2D eigenvalue weighted by atomic mass is 10.1. The van der Waals surface area contributed by atoms with Crippen molar-refractivity contribution in [1.82, 2.24) is 34.6 Å². The van der Waals surface area contributed by atoms with E-state index < -0.39 is 0 Å². The van der Waals surface area contributed by atoms with Gasteiger partial charge >= 0.3 is 0 Å². The average molecular weight is 995 g/mol. The van der Waals surface area contributed by atoms with Crippen LogP contribution >= 0.6 is 11.3 Å². The van der Waals surface area contributed by atoms with Crippen molar-refractivity contribution in [1.29, 1.82) is 0 Å². The van der Waals surface area contributed by atoms with Crippen molar-refractivity contribution in [2.24, 2.45) is 0 Å². The number of oxazole rings is 1. The van der Waals surface area contributed by atoms with Crippen LogP contribution in [-0.4, -0.2) is 72.4 Å². The highest BCUT2D eigenvalue weighted by Crippen LogP contribution is 2.30. The van der Waals surface area contributed by atoms with E-state index in [1.54, 1.807) is 0 Å². The number of fused-ring (bicyclic) bond motifs is 3. The number of thiazole rings is 1. The fourth-order valence-corrected chi connectivity index (χ4v) is 7.04. The number of hydrogen-bond acceptors (Lipinski definition) is 8. The zero-order valence-corrected chi connectivity index (χ0v) is 53.4. The van der Waals surface area contributed by atoms with Crippen LogP contribution in [0.2, 0.25) is 0 Å². The van der Waals surface area contributed by atoms with Crippen LogP contribution in [0.1, 0.15) is 314 Å². The molecule has 0 bridgehead atoms. The monoisotopic (exact) mass is 994 g/mol. The second-order valence-electron chi connectivity index (χ2n) is 19.0. The van der Waals surface area contributed by atoms with E-state index in [2.05, 4.69) is 196 Å². The van der Waals surface area contributed by atoms with Gasteiger partial charge in [0.05, 0.1) is 34.3 Å². The summed E-state index contributed by atoms with van der Waals surface area (Å²) in [7, 11) is 0. The van der Waals surface area contributed by atoms with Crippen LogP contribution in [0.4, 0.5) is 0 Å². The molecule has 6 heterocycles. The second-order valence-corrected chi connectivity index (χ2v) is 20.2. The van der Waals surface area contributed by atoms with Crippen LogP contribution in [0.15, 0.2) is 4.42 Å². The maximum atomic E-state index is 5.80. The smallest absolute Gasteiger partial charge is 0.197 e. The van der Waals surface area contributed by atoms with Gasteiger partial charge < -0.3 is 9.40 Å². The van der Waals surface area contributed by atoms with E-state index >= 15 is 0 Å². The molecule has 0 amide bonds. The van der Waals surface area contributed by atoms with Gasteiger partial charge in [-0.05, 0) is 41.5 Å². The lowest BCUT2D eigenvalue weighted by Crippen LogP contribution is -2.35. The standard InChI is InChI=1S/C12H21N3.C12H20N2O.C12H20N2S.6C3H8.3C2H6/c1-8(2)12-13-10-5-6-15(9(3)4)7-11(10)14-12;2*1-8(2)12-13-10-5-6-14(9(3)4)7-11(10)15-12;6*1-3-2;3*1-2/h8-9H,5-7H2,1-4H3,(H,13,14);2*8-9H,5-7H2,1-4H3;6*3H2,1-2H3;3*1-2H3. The van der Waals surface area contributed by atoms with Crippen LogP contribution in [0.25, 0.3) is 0 Å². The van der Waals surface area contributed by atoms with Gasteiger partial charge in [0, 0.05) is 92.7 Å². The summed E-state index contributed by atoms with van der Waals surface area (Å²) in [6.07, 6.45) is 10.8. The molecule has 3 aromatic heterocycles. The number of aromatic nitrogens is 4. The maximum absolute atomic E-state index is 5.80. The van der Waals surface area contributed by atoms with Crippen molar-refractivity contribution in [2.75, 3.05) is 19.6 Å². The summed E-state index contributed by atoms with van der Waals surface area (Å²) in [5, 5.41) is 1.31. The lowest BCUT2D eigenvalue weighted by molar-refractivity contribution is 0.182. The Kier molecular flexibility index (Phi) is 59.4. The number of H-pyrrole nitrogens is 1. The molecule has 0 saturated heterocycles. The Morgan fingerprint density at radius 2 is 0.812 bits per heavy atom. The Hall–Kier alpha value is -2.07. The zero-order valence-electron chi connectivity index (χ0n) is 52.6. The molecule has 0 saturated carbocycles. The summed E-state index contributed by atoms with van der Waals surface area (Å²) in [5.74, 6) is 4.59. The molecule has 0 radical (unpaired) electrons. The molecule has 69 heavy (non-hydrogen) atoms. The van der Waals surface area contributed by atoms with Gasteiger partial charge in [0.25, 0.3) is 0 Å². The molecule has 0 aromatic carbocycles. The van der Waals surface area contributed by atoms with Gasteiger partial charge in [-0.2, -0.15) is 0 Å². The van der Waals surface area contributed by atoms with Crippen LogP contribution in [-0.2, 0) is 38.9 Å².